The monoisotopic (exact) mass is 416 g/mol. The molecular weight excluding hydrogens is 380 g/mol. The lowest BCUT2D eigenvalue weighted by atomic mass is 10.2. The van der Waals surface area contributed by atoms with Crippen LogP contribution in [0.15, 0.2) is 97.1 Å². The summed E-state index contributed by atoms with van der Waals surface area (Å²) in [6, 6.07) is 16.3. The average Bonchev–Trinajstić information content (AvgIpc) is 2.67. The van der Waals surface area contributed by atoms with Crippen molar-refractivity contribution < 1.29 is 4.74 Å². The van der Waals surface area contributed by atoms with Crippen molar-refractivity contribution in [2.45, 2.75) is 27.7 Å². The number of ether oxygens (including phenoxy) is 1. The van der Waals surface area contributed by atoms with Gasteiger partial charge in [0, 0.05) is 37.6 Å². The van der Waals surface area contributed by atoms with Crippen LogP contribution >= 0.6 is 0 Å². The Morgan fingerprint density at radius 2 is 0.806 bits per heavy atom. The topological polar surface area (TPSA) is 15.7 Å². The maximum Gasteiger partial charge on any atom is 0.127 e. The van der Waals surface area contributed by atoms with Crippen molar-refractivity contribution in [2.75, 3.05) is 36.0 Å². The SMILES string of the molecule is C=C(C)CN(CC(=C)C)c1ccc(Oc2ccc(N(CC(=C)C)CC(=C)C)cc2)cc1. The van der Waals surface area contributed by atoms with Gasteiger partial charge in [0.15, 0.2) is 0 Å². The Kier molecular flexibility index (Phi) is 8.75. The second kappa shape index (κ2) is 11.3. The largest absolute Gasteiger partial charge is 0.457 e. The van der Waals surface area contributed by atoms with E-state index in [0.717, 1.165) is 71.3 Å². The molecule has 0 atom stereocenters. The molecule has 0 radical (unpaired) electrons. The lowest BCUT2D eigenvalue weighted by Gasteiger charge is -2.26. The Hall–Kier alpha value is -3.20. The van der Waals surface area contributed by atoms with E-state index in [-0.39, 0.29) is 0 Å². The molecule has 0 fully saturated rings. The fourth-order valence-corrected chi connectivity index (χ4v) is 3.37. The Balaban J connectivity index is 2.10. The number of hydrogen-bond donors (Lipinski definition) is 0. The first-order valence-corrected chi connectivity index (χ1v) is 10.6. The first kappa shape index (κ1) is 24.1. The van der Waals surface area contributed by atoms with Crippen LogP contribution in [0, 0.1) is 0 Å². The highest BCUT2D eigenvalue weighted by atomic mass is 16.5. The van der Waals surface area contributed by atoms with Gasteiger partial charge in [-0.25, -0.2) is 0 Å². The lowest BCUT2D eigenvalue weighted by Crippen LogP contribution is -2.26. The van der Waals surface area contributed by atoms with Crippen LogP contribution in [-0.2, 0) is 0 Å². The first-order chi connectivity index (χ1) is 14.6. The van der Waals surface area contributed by atoms with Gasteiger partial charge in [0.25, 0.3) is 0 Å². The first-order valence-electron chi connectivity index (χ1n) is 10.6. The molecule has 3 heteroatoms. The molecule has 2 aromatic carbocycles. The van der Waals surface area contributed by atoms with E-state index in [9.17, 15) is 0 Å². The summed E-state index contributed by atoms with van der Waals surface area (Å²) in [6.07, 6.45) is 0. The van der Waals surface area contributed by atoms with E-state index in [2.05, 4.69) is 60.4 Å². The highest BCUT2D eigenvalue weighted by Gasteiger charge is 2.09. The van der Waals surface area contributed by atoms with Crippen LogP contribution in [0.5, 0.6) is 11.5 Å². The fourth-order valence-electron chi connectivity index (χ4n) is 3.37. The summed E-state index contributed by atoms with van der Waals surface area (Å²) in [6.45, 7) is 27.6. The summed E-state index contributed by atoms with van der Waals surface area (Å²) < 4.78 is 6.06. The molecule has 0 aliphatic heterocycles. The van der Waals surface area contributed by atoms with Crippen molar-refractivity contribution in [2.24, 2.45) is 0 Å². The van der Waals surface area contributed by atoms with E-state index in [1.54, 1.807) is 0 Å². The third kappa shape index (κ3) is 8.21. The molecule has 0 saturated heterocycles. The molecular formula is C28H36N2O. The van der Waals surface area contributed by atoms with Crippen molar-refractivity contribution in [1.29, 1.82) is 0 Å². The van der Waals surface area contributed by atoms with E-state index in [1.165, 1.54) is 0 Å². The van der Waals surface area contributed by atoms with Crippen LogP contribution in [0.25, 0.3) is 0 Å². The summed E-state index contributed by atoms with van der Waals surface area (Å²) in [5.74, 6) is 1.62. The third-order valence-corrected chi connectivity index (χ3v) is 4.48. The molecule has 164 valence electrons. The van der Waals surface area contributed by atoms with Gasteiger partial charge in [-0.1, -0.05) is 48.6 Å². The standard InChI is InChI=1S/C28H36N2O/c1-21(2)17-29(18-22(3)4)25-9-13-27(14-10-25)31-28-15-11-26(12-16-28)30(19-23(5)6)20-24(7)8/h9-16H,1,3,5,7,17-20H2,2,4,6,8H3. The van der Waals surface area contributed by atoms with Crippen molar-refractivity contribution in [3.63, 3.8) is 0 Å². The second-order valence-electron chi connectivity index (χ2n) is 8.63. The Labute approximate surface area is 188 Å². The van der Waals surface area contributed by atoms with Gasteiger partial charge < -0.3 is 14.5 Å². The summed E-state index contributed by atoms with van der Waals surface area (Å²) in [5, 5.41) is 0. The van der Waals surface area contributed by atoms with Gasteiger partial charge in [0.05, 0.1) is 0 Å². The van der Waals surface area contributed by atoms with Gasteiger partial charge in [-0.05, 0) is 76.2 Å². The van der Waals surface area contributed by atoms with Crippen LogP contribution < -0.4 is 14.5 Å². The van der Waals surface area contributed by atoms with Crippen LogP contribution in [0.1, 0.15) is 27.7 Å². The predicted molar refractivity (Wildman–Crippen MR) is 137 cm³/mol. The molecule has 0 aromatic heterocycles. The van der Waals surface area contributed by atoms with E-state index < -0.39 is 0 Å². The van der Waals surface area contributed by atoms with Gasteiger partial charge in [-0.3, -0.25) is 0 Å². The number of anilines is 2. The molecule has 31 heavy (non-hydrogen) atoms. The number of hydrogen-bond acceptors (Lipinski definition) is 3. The zero-order chi connectivity index (χ0) is 23.0. The minimum absolute atomic E-state index is 0.805. The third-order valence-electron chi connectivity index (χ3n) is 4.48. The molecule has 0 spiro atoms. The fraction of sp³-hybridized carbons (Fsp3) is 0.286. The minimum Gasteiger partial charge on any atom is -0.457 e. The van der Waals surface area contributed by atoms with Gasteiger partial charge in [-0.2, -0.15) is 0 Å². The zero-order valence-electron chi connectivity index (χ0n) is 19.6. The molecule has 0 N–H and O–H groups in total. The molecule has 2 aromatic rings. The number of benzene rings is 2. The van der Waals surface area contributed by atoms with Gasteiger partial charge >= 0.3 is 0 Å². The molecule has 0 saturated carbocycles. The van der Waals surface area contributed by atoms with Crippen molar-refractivity contribution in [3.05, 3.63) is 97.1 Å². The van der Waals surface area contributed by atoms with Gasteiger partial charge in [0.1, 0.15) is 11.5 Å². The molecule has 0 aliphatic rings. The highest BCUT2D eigenvalue weighted by molar-refractivity contribution is 5.53. The maximum atomic E-state index is 6.06. The Morgan fingerprint density at radius 3 is 1.03 bits per heavy atom. The van der Waals surface area contributed by atoms with E-state index in [1.807, 2.05) is 52.0 Å². The molecule has 2 rings (SSSR count). The second-order valence-corrected chi connectivity index (χ2v) is 8.63. The summed E-state index contributed by atoms with van der Waals surface area (Å²) in [5.41, 5.74) is 6.74. The minimum atomic E-state index is 0.805. The van der Waals surface area contributed by atoms with Crippen molar-refractivity contribution >= 4 is 11.4 Å². The summed E-state index contributed by atoms with van der Waals surface area (Å²) in [4.78, 5) is 4.53. The molecule has 0 bridgehead atoms. The molecule has 0 aliphatic carbocycles. The molecule has 0 heterocycles. The van der Waals surface area contributed by atoms with Gasteiger partial charge in [0.2, 0.25) is 0 Å². The zero-order valence-corrected chi connectivity index (χ0v) is 19.6. The Bertz CT molecular complexity index is 813. The van der Waals surface area contributed by atoms with Crippen LogP contribution in [0.4, 0.5) is 11.4 Å². The van der Waals surface area contributed by atoms with Crippen LogP contribution in [-0.4, -0.2) is 26.2 Å². The number of nitrogens with zero attached hydrogens (tertiary/aromatic N) is 2. The highest BCUT2D eigenvalue weighted by Crippen LogP contribution is 2.27. The maximum absolute atomic E-state index is 6.06. The van der Waals surface area contributed by atoms with E-state index >= 15 is 0 Å². The average molecular weight is 417 g/mol. The Morgan fingerprint density at radius 1 is 0.548 bits per heavy atom. The summed E-state index contributed by atoms with van der Waals surface area (Å²) in [7, 11) is 0. The van der Waals surface area contributed by atoms with Crippen LogP contribution in [0.3, 0.4) is 0 Å². The van der Waals surface area contributed by atoms with Crippen molar-refractivity contribution in [3.8, 4) is 11.5 Å². The quantitative estimate of drug-likeness (QED) is 0.335. The van der Waals surface area contributed by atoms with Crippen LogP contribution in [0.2, 0.25) is 0 Å². The van der Waals surface area contributed by atoms with Gasteiger partial charge in [-0.15, -0.1) is 0 Å². The van der Waals surface area contributed by atoms with Crippen molar-refractivity contribution in [1.82, 2.24) is 0 Å². The molecule has 0 unspecified atom stereocenters. The van der Waals surface area contributed by atoms with E-state index in [0.29, 0.717) is 0 Å². The lowest BCUT2D eigenvalue weighted by molar-refractivity contribution is 0.482. The molecule has 3 nitrogen and oxygen atoms in total. The normalized spacial score (nSPS) is 10.3. The molecule has 0 amide bonds. The van der Waals surface area contributed by atoms with E-state index in [4.69, 9.17) is 4.74 Å². The smallest absolute Gasteiger partial charge is 0.127 e. The summed E-state index contributed by atoms with van der Waals surface area (Å²) >= 11 is 0. The number of rotatable bonds is 12. The predicted octanol–water partition coefficient (Wildman–Crippen LogP) is 7.40.